The summed E-state index contributed by atoms with van der Waals surface area (Å²) < 4.78 is 0. The minimum Gasteiger partial charge on any atom is -0.302 e. The first kappa shape index (κ1) is 17.0. The van der Waals surface area contributed by atoms with Gasteiger partial charge in [0.2, 0.25) is 0 Å². The predicted octanol–water partition coefficient (Wildman–Crippen LogP) is 4.46. The van der Waals surface area contributed by atoms with E-state index in [0.29, 0.717) is 5.92 Å². The predicted molar refractivity (Wildman–Crippen MR) is 91.1 cm³/mol. The van der Waals surface area contributed by atoms with E-state index in [1.807, 2.05) is 17.4 Å². The van der Waals surface area contributed by atoms with Crippen molar-refractivity contribution in [3.05, 3.63) is 34.5 Å². The molecular weight excluding hydrogens is 262 g/mol. The topological polar surface area (TPSA) is 3.24 Å². The molecule has 0 spiro atoms. The third kappa shape index (κ3) is 8.19. The number of thiophene rings is 1. The van der Waals surface area contributed by atoms with Crippen molar-refractivity contribution in [1.29, 1.82) is 0 Å². The van der Waals surface area contributed by atoms with Gasteiger partial charge in [0.05, 0.1) is 0 Å². The highest BCUT2D eigenvalue weighted by Gasteiger charge is 2.07. The molecule has 110 valence electrons. The Balaban J connectivity index is 2.27. The second kappa shape index (κ2) is 8.29. The van der Waals surface area contributed by atoms with Gasteiger partial charge in [-0.1, -0.05) is 30.9 Å². The van der Waals surface area contributed by atoms with Crippen LogP contribution in [-0.2, 0) is 6.42 Å². The van der Waals surface area contributed by atoms with Crippen LogP contribution in [0.1, 0.15) is 32.6 Å². The minimum absolute atomic E-state index is 0.0888. The zero-order valence-corrected chi connectivity index (χ0v) is 14.3. The van der Waals surface area contributed by atoms with Crippen molar-refractivity contribution in [3.63, 3.8) is 0 Å². The first-order valence-electron chi connectivity index (χ1n) is 7.25. The molecule has 0 aliphatic heterocycles. The van der Waals surface area contributed by atoms with Crippen LogP contribution >= 0.6 is 11.3 Å². The lowest BCUT2D eigenvalue weighted by Crippen LogP contribution is -2.25. The van der Waals surface area contributed by atoms with E-state index in [4.69, 9.17) is 0 Å². The Morgan fingerprint density at radius 2 is 2.15 bits per heavy atom. The molecule has 0 aliphatic carbocycles. The van der Waals surface area contributed by atoms with Gasteiger partial charge in [-0.25, -0.2) is 0 Å². The van der Waals surface area contributed by atoms with Crippen molar-refractivity contribution in [2.75, 3.05) is 20.1 Å². The molecule has 0 aliphatic rings. The summed E-state index contributed by atoms with van der Waals surface area (Å²) in [5.41, 5.74) is 0.0888. The van der Waals surface area contributed by atoms with E-state index in [-0.39, 0.29) is 5.41 Å². The molecule has 0 amide bonds. The number of hydrogen-bond acceptors (Lipinski definition) is 2. The molecule has 0 bridgehead atoms. The van der Waals surface area contributed by atoms with Crippen molar-refractivity contribution in [2.24, 2.45) is 11.3 Å². The Morgan fingerprint density at radius 1 is 1.40 bits per heavy atom. The van der Waals surface area contributed by atoms with Crippen LogP contribution in [-0.4, -0.2) is 25.0 Å². The van der Waals surface area contributed by atoms with Gasteiger partial charge in [0.25, 0.3) is 0 Å². The Kier molecular flexibility index (Phi) is 7.05. The van der Waals surface area contributed by atoms with Crippen molar-refractivity contribution in [3.8, 4) is 11.8 Å². The summed E-state index contributed by atoms with van der Waals surface area (Å²) in [6.07, 6.45) is 5.30. The van der Waals surface area contributed by atoms with Crippen LogP contribution in [0.3, 0.4) is 0 Å². The average Bonchev–Trinajstić information content (AvgIpc) is 2.79. The molecule has 1 unspecified atom stereocenters. The summed E-state index contributed by atoms with van der Waals surface area (Å²) in [6.45, 7) is 10.8. The standard InChI is InChI=1S/C18H27NS/c1-16(14-17-10-9-13-20-17)15-19(5)12-8-6-7-11-18(2,3)4/h6,8-10,13,16H,12,14-15H2,1-5H3/b8-6+. The zero-order valence-electron chi connectivity index (χ0n) is 13.4. The number of allylic oxidation sites excluding steroid dienone is 1. The lowest BCUT2D eigenvalue weighted by molar-refractivity contribution is 0.312. The summed E-state index contributed by atoms with van der Waals surface area (Å²) in [5.74, 6) is 7.01. The van der Waals surface area contributed by atoms with Gasteiger partial charge >= 0.3 is 0 Å². The highest BCUT2D eigenvalue weighted by atomic mass is 32.1. The average molecular weight is 289 g/mol. The quantitative estimate of drug-likeness (QED) is 0.699. The van der Waals surface area contributed by atoms with Gasteiger partial charge in [-0.05, 0) is 57.7 Å². The molecule has 1 heterocycles. The van der Waals surface area contributed by atoms with Gasteiger partial charge in [0, 0.05) is 23.4 Å². The van der Waals surface area contributed by atoms with Crippen molar-refractivity contribution in [1.82, 2.24) is 4.90 Å². The molecular formula is C18H27NS. The monoisotopic (exact) mass is 289 g/mol. The second-order valence-corrected chi connectivity index (χ2v) is 7.56. The van der Waals surface area contributed by atoms with Gasteiger partial charge in [-0.3, -0.25) is 0 Å². The lowest BCUT2D eigenvalue weighted by atomic mass is 9.98. The molecule has 0 aromatic carbocycles. The molecule has 20 heavy (non-hydrogen) atoms. The van der Waals surface area contributed by atoms with Crippen LogP contribution in [0.2, 0.25) is 0 Å². The fourth-order valence-corrected chi connectivity index (χ4v) is 2.86. The van der Waals surface area contributed by atoms with Crippen LogP contribution in [0, 0.1) is 23.2 Å². The lowest BCUT2D eigenvalue weighted by Gasteiger charge is -2.19. The third-order valence-corrected chi connectivity index (χ3v) is 3.72. The van der Waals surface area contributed by atoms with E-state index in [0.717, 1.165) is 13.1 Å². The maximum atomic E-state index is 3.21. The first-order valence-corrected chi connectivity index (χ1v) is 8.13. The molecule has 1 aromatic heterocycles. The molecule has 0 saturated carbocycles. The highest BCUT2D eigenvalue weighted by molar-refractivity contribution is 7.09. The Morgan fingerprint density at radius 3 is 2.75 bits per heavy atom. The fraction of sp³-hybridized carbons (Fsp3) is 0.556. The summed E-state index contributed by atoms with van der Waals surface area (Å²) >= 11 is 1.85. The van der Waals surface area contributed by atoms with Crippen LogP contribution in [0.4, 0.5) is 0 Å². The van der Waals surface area contributed by atoms with Crippen molar-refractivity contribution in [2.45, 2.75) is 34.1 Å². The molecule has 1 atom stereocenters. The van der Waals surface area contributed by atoms with E-state index in [1.165, 1.54) is 11.3 Å². The van der Waals surface area contributed by atoms with Gasteiger partial charge in [0.15, 0.2) is 0 Å². The molecule has 0 saturated heterocycles. The molecule has 0 N–H and O–H groups in total. The molecule has 0 fully saturated rings. The van der Waals surface area contributed by atoms with Gasteiger partial charge in [-0.15, -0.1) is 11.3 Å². The SMILES string of the molecule is CC(Cc1cccs1)CN(C)C/C=C/C#CC(C)(C)C. The Labute approximate surface area is 128 Å². The van der Waals surface area contributed by atoms with Gasteiger partial charge in [0.1, 0.15) is 0 Å². The smallest absolute Gasteiger partial charge is 0.0233 e. The van der Waals surface area contributed by atoms with Crippen LogP contribution in [0.25, 0.3) is 0 Å². The normalized spacial score (nSPS) is 13.5. The van der Waals surface area contributed by atoms with Crippen molar-refractivity contribution < 1.29 is 0 Å². The fourth-order valence-electron chi connectivity index (χ4n) is 1.99. The van der Waals surface area contributed by atoms with E-state index in [1.54, 1.807) is 0 Å². The number of likely N-dealkylation sites (N-methyl/N-ethyl adjacent to an activating group) is 1. The molecule has 1 aromatic rings. The van der Waals surface area contributed by atoms with E-state index >= 15 is 0 Å². The van der Waals surface area contributed by atoms with E-state index < -0.39 is 0 Å². The van der Waals surface area contributed by atoms with Crippen LogP contribution in [0.15, 0.2) is 29.7 Å². The summed E-state index contributed by atoms with van der Waals surface area (Å²) in [6, 6.07) is 4.36. The van der Waals surface area contributed by atoms with Gasteiger partial charge in [-0.2, -0.15) is 0 Å². The minimum atomic E-state index is 0.0888. The zero-order chi connectivity index (χ0) is 15.0. The summed E-state index contributed by atoms with van der Waals surface area (Å²) in [7, 11) is 2.17. The number of nitrogens with zero attached hydrogens (tertiary/aromatic N) is 1. The first-order chi connectivity index (χ1) is 9.37. The molecule has 1 rings (SSSR count). The molecule has 0 radical (unpaired) electrons. The largest absolute Gasteiger partial charge is 0.302 e. The second-order valence-electron chi connectivity index (χ2n) is 6.53. The van der Waals surface area contributed by atoms with Crippen molar-refractivity contribution >= 4 is 11.3 Å². The Bertz CT molecular complexity index is 454. The Hall–Kier alpha value is -1.04. The summed E-state index contributed by atoms with van der Waals surface area (Å²) in [5, 5.41) is 2.16. The van der Waals surface area contributed by atoms with Gasteiger partial charge < -0.3 is 4.90 Å². The number of hydrogen-bond donors (Lipinski definition) is 0. The summed E-state index contributed by atoms with van der Waals surface area (Å²) in [4.78, 5) is 3.84. The van der Waals surface area contributed by atoms with E-state index in [2.05, 4.69) is 75.1 Å². The molecule has 2 heteroatoms. The van der Waals surface area contributed by atoms with Crippen LogP contribution < -0.4 is 0 Å². The molecule has 1 nitrogen and oxygen atoms in total. The maximum absolute atomic E-state index is 3.21. The third-order valence-electron chi connectivity index (χ3n) is 2.82. The van der Waals surface area contributed by atoms with Crippen LogP contribution in [0.5, 0.6) is 0 Å². The highest BCUT2D eigenvalue weighted by Crippen LogP contribution is 2.14. The maximum Gasteiger partial charge on any atom is 0.0233 e. The number of rotatable bonds is 6. The van der Waals surface area contributed by atoms with E-state index in [9.17, 15) is 0 Å².